The van der Waals surface area contributed by atoms with E-state index < -0.39 is 5.97 Å². The maximum atomic E-state index is 10.7. The summed E-state index contributed by atoms with van der Waals surface area (Å²) in [5.41, 5.74) is 1.09. The summed E-state index contributed by atoms with van der Waals surface area (Å²) < 4.78 is 0. The number of benzene rings is 2. The molecule has 0 atom stereocenters. The molecule has 2 aromatic rings. The van der Waals surface area contributed by atoms with E-state index in [1.807, 2.05) is 6.07 Å². The lowest BCUT2D eigenvalue weighted by atomic mass is 10.0. The normalized spacial score (nSPS) is 10.1. The standard InChI is InChI=1S/C13H11NO4/c15-13(16)10-6-7-11(12(8-10)14(17)18)9-4-2-1-3-5-9/h1-8,17-18H,(H,15,16)/p-1. The van der Waals surface area contributed by atoms with Gasteiger partial charge in [0, 0.05) is 5.56 Å². The van der Waals surface area contributed by atoms with Crippen molar-refractivity contribution < 1.29 is 20.3 Å². The van der Waals surface area contributed by atoms with E-state index in [-0.39, 0.29) is 16.5 Å². The minimum atomic E-state index is -1.38. The molecule has 2 aromatic carbocycles. The highest BCUT2D eigenvalue weighted by atomic mass is 16.8. The van der Waals surface area contributed by atoms with E-state index in [1.165, 1.54) is 12.1 Å². The van der Waals surface area contributed by atoms with Gasteiger partial charge in [-0.2, -0.15) is 0 Å². The highest BCUT2D eigenvalue weighted by Gasteiger charge is 2.10. The first-order valence-electron chi connectivity index (χ1n) is 5.18. The van der Waals surface area contributed by atoms with Crippen molar-refractivity contribution in [1.29, 1.82) is 0 Å². The highest BCUT2D eigenvalue weighted by molar-refractivity contribution is 5.90. The lowest BCUT2D eigenvalue weighted by Crippen LogP contribution is -2.23. The van der Waals surface area contributed by atoms with Crippen LogP contribution < -0.4 is 10.3 Å². The number of carboxylic acids is 1. The number of anilines is 1. The largest absolute Gasteiger partial charge is 0.545 e. The third-order valence-corrected chi connectivity index (χ3v) is 2.53. The zero-order valence-corrected chi connectivity index (χ0v) is 9.28. The molecule has 92 valence electrons. The zero-order valence-electron chi connectivity index (χ0n) is 9.28. The van der Waals surface area contributed by atoms with Crippen LogP contribution >= 0.6 is 0 Å². The lowest BCUT2D eigenvalue weighted by Gasteiger charge is -2.15. The van der Waals surface area contributed by atoms with Crippen molar-refractivity contribution in [2.75, 3.05) is 5.23 Å². The van der Waals surface area contributed by atoms with Gasteiger partial charge in [-0.3, -0.25) is 10.4 Å². The molecule has 5 nitrogen and oxygen atoms in total. The van der Waals surface area contributed by atoms with Gasteiger partial charge < -0.3 is 9.90 Å². The smallest absolute Gasteiger partial charge is 0.103 e. The maximum absolute atomic E-state index is 10.7. The molecule has 0 fully saturated rings. The van der Waals surface area contributed by atoms with Gasteiger partial charge in [-0.15, -0.1) is 5.23 Å². The molecule has 0 aliphatic heterocycles. The fourth-order valence-corrected chi connectivity index (χ4v) is 1.69. The van der Waals surface area contributed by atoms with Crippen molar-refractivity contribution in [3.63, 3.8) is 0 Å². The molecule has 18 heavy (non-hydrogen) atoms. The van der Waals surface area contributed by atoms with Gasteiger partial charge in [0.05, 0.1) is 5.97 Å². The van der Waals surface area contributed by atoms with Crippen molar-refractivity contribution in [2.24, 2.45) is 0 Å². The third kappa shape index (κ3) is 2.32. The average molecular weight is 244 g/mol. The van der Waals surface area contributed by atoms with E-state index in [1.54, 1.807) is 24.3 Å². The molecule has 2 rings (SSSR count). The Bertz CT molecular complexity index is 566. The van der Waals surface area contributed by atoms with Gasteiger partial charge in [0.1, 0.15) is 5.69 Å². The monoisotopic (exact) mass is 244 g/mol. The first kappa shape index (κ1) is 12.1. The van der Waals surface area contributed by atoms with Crippen LogP contribution in [0.3, 0.4) is 0 Å². The average Bonchev–Trinajstić information content (AvgIpc) is 2.39. The summed E-state index contributed by atoms with van der Waals surface area (Å²) in [6.07, 6.45) is 0. The van der Waals surface area contributed by atoms with Crippen LogP contribution in [0.5, 0.6) is 0 Å². The van der Waals surface area contributed by atoms with Crippen LogP contribution in [0, 0.1) is 0 Å². The summed E-state index contributed by atoms with van der Waals surface area (Å²) in [4.78, 5) is 10.7. The molecule has 0 amide bonds. The summed E-state index contributed by atoms with van der Waals surface area (Å²) in [6.45, 7) is 0. The van der Waals surface area contributed by atoms with Crippen LogP contribution in [-0.4, -0.2) is 16.4 Å². The molecule has 5 heteroatoms. The zero-order chi connectivity index (χ0) is 13.1. The quantitative estimate of drug-likeness (QED) is 0.795. The molecule has 0 bridgehead atoms. The predicted molar refractivity (Wildman–Crippen MR) is 62.3 cm³/mol. The fraction of sp³-hybridized carbons (Fsp3) is 0. The minimum Gasteiger partial charge on any atom is -0.545 e. The fourth-order valence-electron chi connectivity index (χ4n) is 1.69. The van der Waals surface area contributed by atoms with Crippen LogP contribution in [0.4, 0.5) is 5.69 Å². The van der Waals surface area contributed by atoms with Crippen molar-refractivity contribution in [3.05, 3.63) is 54.1 Å². The van der Waals surface area contributed by atoms with Gasteiger partial charge in [0.25, 0.3) is 0 Å². The summed E-state index contributed by atoms with van der Waals surface area (Å²) >= 11 is 0. The predicted octanol–water partition coefficient (Wildman–Crippen LogP) is 1.30. The summed E-state index contributed by atoms with van der Waals surface area (Å²) in [5, 5.41) is 28.9. The van der Waals surface area contributed by atoms with E-state index in [0.29, 0.717) is 5.56 Å². The Labute approximate surface area is 103 Å². The third-order valence-electron chi connectivity index (χ3n) is 2.53. The Kier molecular flexibility index (Phi) is 3.27. The van der Waals surface area contributed by atoms with Crippen molar-refractivity contribution >= 4 is 11.7 Å². The molecule has 0 radical (unpaired) electrons. The molecule has 0 heterocycles. The van der Waals surface area contributed by atoms with Crippen LogP contribution in [-0.2, 0) is 0 Å². The second-order valence-corrected chi connectivity index (χ2v) is 3.67. The van der Waals surface area contributed by atoms with Crippen molar-refractivity contribution in [1.82, 2.24) is 0 Å². The second-order valence-electron chi connectivity index (χ2n) is 3.67. The van der Waals surface area contributed by atoms with E-state index in [9.17, 15) is 9.90 Å². The van der Waals surface area contributed by atoms with E-state index in [0.717, 1.165) is 11.6 Å². The Morgan fingerprint density at radius 2 is 1.72 bits per heavy atom. The van der Waals surface area contributed by atoms with Gasteiger partial charge >= 0.3 is 0 Å². The summed E-state index contributed by atoms with van der Waals surface area (Å²) in [5.74, 6) is -1.38. The van der Waals surface area contributed by atoms with Gasteiger partial charge in [0.2, 0.25) is 0 Å². The number of rotatable bonds is 3. The molecule has 0 aromatic heterocycles. The highest BCUT2D eigenvalue weighted by Crippen LogP contribution is 2.30. The molecule has 0 unspecified atom stereocenters. The van der Waals surface area contributed by atoms with Crippen LogP contribution in [0.25, 0.3) is 11.1 Å². The summed E-state index contributed by atoms with van der Waals surface area (Å²) in [7, 11) is 0. The van der Waals surface area contributed by atoms with Gasteiger partial charge in [0.15, 0.2) is 0 Å². The molecule has 0 spiro atoms. The van der Waals surface area contributed by atoms with Gasteiger partial charge in [-0.25, -0.2) is 0 Å². The van der Waals surface area contributed by atoms with E-state index in [4.69, 9.17) is 10.4 Å². The molecule has 0 aliphatic carbocycles. The van der Waals surface area contributed by atoms with Crippen LogP contribution in [0.1, 0.15) is 10.4 Å². The molecular weight excluding hydrogens is 234 g/mol. The number of aromatic carboxylic acids is 1. The Balaban J connectivity index is 2.58. The second kappa shape index (κ2) is 4.87. The lowest BCUT2D eigenvalue weighted by molar-refractivity contribution is -0.255. The molecule has 2 N–H and O–H groups in total. The number of hydrogen-bond donors (Lipinski definition) is 2. The Morgan fingerprint density at radius 1 is 1.06 bits per heavy atom. The maximum Gasteiger partial charge on any atom is 0.103 e. The van der Waals surface area contributed by atoms with Gasteiger partial charge in [-0.1, -0.05) is 42.5 Å². The van der Waals surface area contributed by atoms with Crippen LogP contribution in [0.2, 0.25) is 0 Å². The molecule has 0 aliphatic rings. The first-order valence-corrected chi connectivity index (χ1v) is 5.18. The first-order chi connectivity index (χ1) is 8.59. The SMILES string of the molecule is O=C([O-])c1ccc(-c2ccccc2)c(N(O)O)c1. The van der Waals surface area contributed by atoms with Gasteiger partial charge in [-0.05, 0) is 17.2 Å². The Morgan fingerprint density at radius 3 is 2.28 bits per heavy atom. The molecule has 0 saturated carbocycles. The number of carbonyl (C=O) groups is 1. The molecule has 0 saturated heterocycles. The number of hydrogen-bond acceptors (Lipinski definition) is 5. The Hall–Kier alpha value is -2.37. The molecular formula is C13H10NO4-. The van der Waals surface area contributed by atoms with E-state index >= 15 is 0 Å². The topological polar surface area (TPSA) is 83.8 Å². The van der Waals surface area contributed by atoms with Crippen molar-refractivity contribution in [2.45, 2.75) is 0 Å². The summed E-state index contributed by atoms with van der Waals surface area (Å²) in [6, 6.07) is 13.0. The van der Waals surface area contributed by atoms with Crippen molar-refractivity contribution in [3.8, 4) is 11.1 Å². The number of carbonyl (C=O) groups excluding carboxylic acids is 1. The number of nitrogens with zero attached hydrogens (tertiary/aromatic N) is 1. The van der Waals surface area contributed by atoms with Crippen LogP contribution in [0.15, 0.2) is 48.5 Å². The van der Waals surface area contributed by atoms with E-state index in [2.05, 4.69) is 0 Å². The number of carboxylic acid groups (broad SMARTS) is 1. The minimum absolute atomic E-state index is 0.0251.